The zero-order valence-electron chi connectivity index (χ0n) is 17.6. The van der Waals surface area contributed by atoms with Crippen molar-refractivity contribution in [2.45, 2.75) is 45.7 Å². The highest BCUT2D eigenvalue weighted by molar-refractivity contribution is 5.87. The van der Waals surface area contributed by atoms with Crippen LogP contribution in [0.4, 0.5) is 0 Å². The number of carbonyl (C=O) groups is 1. The van der Waals surface area contributed by atoms with Crippen molar-refractivity contribution in [3.63, 3.8) is 0 Å². The number of nitrogens with zero attached hydrogens (tertiary/aromatic N) is 3. The number of para-hydroxylation sites is 2. The summed E-state index contributed by atoms with van der Waals surface area (Å²) in [5.41, 5.74) is 4.76. The molecule has 1 unspecified atom stereocenters. The SMILES string of the molecule is CCCC(CC(=O)[O-])n1c(=O)n(Cc2cn(C)c3cccc(C)c23)c2ccccc21. The molecule has 0 aliphatic rings. The molecule has 0 fully saturated rings. The quantitative estimate of drug-likeness (QED) is 0.475. The van der Waals surface area contributed by atoms with E-state index >= 15 is 0 Å². The van der Waals surface area contributed by atoms with Crippen LogP contribution in [0.3, 0.4) is 0 Å². The van der Waals surface area contributed by atoms with Crippen molar-refractivity contribution in [2.75, 3.05) is 0 Å². The van der Waals surface area contributed by atoms with Crippen molar-refractivity contribution in [3.8, 4) is 0 Å². The smallest absolute Gasteiger partial charge is 0.329 e. The number of carboxylic acid groups (broad SMARTS) is 1. The van der Waals surface area contributed by atoms with Gasteiger partial charge in [-0.05, 0) is 42.7 Å². The molecule has 0 aliphatic heterocycles. The Kier molecular flexibility index (Phi) is 5.24. The molecule has 0 N–H and O–H groups in total. The third kappa shape index (κ3) is 3.32. The molecule has 2 aromatic heterocycles. The van der Waals surface area contributed by atoms with Crippen molar-refractivity contribution < 1.29 is 9.90 Å². The van der Waals surface area contributed by atoms with E-state index in [1.54, 1.807) is 9.13 Å². The van der Waals surface area contributed by atoms with Crippen molar-refractivity contribution in [1.82, 2.24) is 13.7 Å². The summed E-state index contributed by atoms with van der Waals surface area (Å²) in [4.78, 5) is 24.9. The van der Waals surface area contributed by atoms with Crippen LogP contribution in [0.25, 0.3) is 21.9 Å². The lowest BCUT2D eigenvalue weighted by Gasteiger charge is -2.18. The Morgan fingerprint density at radius 2 is 1.77 bits per heavy atom. The number of fused-ring (bicyclic) bond motifs is 2. The molecule has 2 aromatic carbocycles. The van der Waals surface area contributed by atoms with E-state index in [4.69, 9.17) is 0 Å². The summed E-state index contributed by atoms with van der Waals surface area (Å²) in [5.74, 6) is -1.14. The second kappa shape index (κ2) is 7.86. The molecule has 4 aromatic rings. The van der Waals surface area contributed by atoms with Gasteiger partial charge in [-0.25, -0.2) is 4.79 Å². The largest absolute Gasteiger partial charge is 0.550 e. The van der Waals surface area contributed by atoms with Crippen LogP contribution in [0.2, 0.25) is 0 Å². The van der Waals surface area contributed by atoms with Crippen molar-refractivity contribution in [3.05, 3.63) is 70.3 Å². The summed E-state index contributed by atoms with van der Waals surface area (Å²) < 4.78 is 5.49. The van der Waals surface area contributed by atoms with Crippen LogP contribution >= 0.6 is 0 Å². The highest BCUT2D eigenvalue weighted by Gasteiger charge is 2.21. The van der Waals surface area contributed by atoms with Crippen LogP contribution in [0.1, 0.15) is 43.4 Å². The van der Waals surface area contributed by atoms with E-state index < -0.39 is 12.0 Å². The number of benzene rings is 2. The van der Waals surface area contributed by atoms with Gasteiger partial charge in [-0.3, -0.25) is 9.13 Å². The third-order valence-electron chi connectivity index (χ3n) is 5.89. The molecule has 156 valence electrons. The molecular weight excluding hydrogens is 378 g/mol. The Hall–Kier alpha value is -3.28. The van der Waals surface area contributed by atoms with E-state index in [-0.39, 0.29) is 12.1 Å². The minimum absolute atomic E-state index is 0.171. The molecule has 1 atom stereocenters. The first-order valence-corrected chi connectivity index (χ1v) is 10.4. The Morgan fingerprint density at radius 3 is 2.47 bits per heavy atom. The van der Waals surface area contributed by atoms with Crippen LogP contribution in [0.5, 0.6) is 0 Å². The summed E-state index contributed by atoms with van der Waals surface area (Å²) >= 11 is 0. The van der Waals surface area contributed by atoms with Gasteiger partial charge in [0.15, 0.2) is 0 Å². The number of rotatable bonds is 7. The Balaban J connectivity index is 1.90. The van der Waals surface area contributed by atoms with E-state index in [9.17, 15) is 14.7 Å². The molecule has 0 saturated heterocycles. The standard InChI is InChI=1S/C24H27N3O3/c1-4-8-18(13-22(28)29)27-20-11-6-5-10-19(20)26(24(27)30)15-17-14-25(3)21-12-7-9-16(2)23(17)21/h5-7,9-12,14,18H,4,8,13,15H2,1-3H3,(H,28,29)/p-1. The molecule has 0 radical (unpaired) electrons. The molecule has 0 saturated carbocycles. The van der Waals surface area contributed by atoms with Crippen LogP contribution in [0.15, 0.2) is 53.5 Å². The van der Waals surface area contributed by atoms with E-state index in [0.717, 1.165) is 33.9 Å². The van der Waals surface area contributed by atoms with E-state index in [0.29, 0.717) is 13.0 Å². The van der Waals surface area contributed by atoms with Gasteiger partial charge in [-0.2, -0.15) is 0 Å². The van der Waals surface area contributed by atoms with Gasteiger partial charge < -0.3 is 14.5 Å². The topological polar surface area (TPSA) is 72.0 Å². The monoisotopic (exact) mass is 404 g/mol. The van der Waals surface area contributed by atoms with Gasteiger partial charge in [0.2, 0.25) is 0 Å². The van der Waals surface area contributed by atoms with Crippen LogP contribution in [-0.4, -0.2) is 19.7 Å². The summed E-state index contributed by atoms with van der Waals surface area (Å²) in [6, 6.07) is 13.4. The molecule has 2 heterocycles. The fourth-order valence-corrected chi connectivity index (χ4v) is 4.61. The minimum atomic E-state index is -1.14. The molecule has 0 bridgehead atoms. The van der Waals surface area contributed by atoms with Crippen LogP contribution in [0, 0.1) is 6.92 Å². The number of carbonyl (C=O) groups excluding carboxylic acids is 1. The number of aliphatic carboxylic acids is 1. The number of imidazole rings is 1. The number of hydrogen-bond donors (Lipinski definition) is 0. The van der Waals surface area contributed by atoms with Gasteiger partial charge in [0, 0.05) is 42.6 Å². The van der Waals surface area contributed by atoms with Gasteiger partial charge in [0.25, 0.3) is 0 Å². The molecule has 0 amide bonds. The zero-order chi connectivity index (χ0) is 21.4. The highest BCUT2D eigenvalue weighted by Crippen LogP contribution is 2.27. The molecule has 0 spiro atoms. The predicted octanol–water partition coefficient (Wildman–Crippen LogP) is 3.13. The average Bonchev–Trinajstić information content (AvgIpc) is 3.17. The van der Waals surface area contributed by atoms with Crippen molar-refractivity contribution in [1.29, 1.82) is 0 Å². The molecule has 6 nitrogen and oxygen atoms in total. The first-order valence-electron chi connectivity index (χ1n) is 10.4. The van der Waals surface area contributed by atoms with Crippen LogP contribution < -0.4 is 10.8 Å². The Morgan fingerprint density at radius 1 is 1.07 bits per heavy atom. The summed E-state index contributed by atoms with van der Waals surface area (Å²) in [6.07, 6.45) is 3.29. The lowest BCUT2D eigenvalue weighted by Crippen LogP contribution is -2.32. The number of hydrogen-bond acceptors (Lipinski definition) is 3. The van der Waals surface area contributed by atoms with E-state index in [1.807, 2.05) is 44.3 Å². The maximum absolute atomic E-state index is 13.5. The minimum Gasteiger partial charge on any atom is -0.550 e. The van der Waals surface area contributed by atoms with Crippen molar-refractivity contribution in [2.24, 2.45) is 7.05 Å². The number of aromatic nitrogens is 3. The molecule has 30 heavy (non-hydrogen) atoms. The van der Waals surface area contributed by atoms with E-state index in [2.05, 4.69) is 29.8 Å². The van der Waals surface area contributed by atoms with E-state index in [1.165, 1.54) is 5.56 Å². The number of carboxylic acids is 1. The fourth-order valence-electron chi connectivity index (χ4n) is 4.61. The second-order valence-corrected chi connectivity index (χ2v) is 7.98. The lowest BCUT2D eigenvalue weighted by molar-refractivity contribution is -0.306. The molecule has 6 heteroatoms. The average molecular weight is 404 g/mol. The molecule has 0 aliphatic carbocycles. The first-order chi connectivity index (χ1) is 14.4. The Bertz CT molecular complexity index is 1290. The van der Waals surface area contributed by atoms with Gasteiger partial charge in [0.05, 0.1) is 17.6 Å². The highest BCUT2D eigenvalue weighted by atomic mass is 16.4. The summed E-state index contributed by atoms with van der Waals surface area (Å²) in [5, 5.41) is 12.5. The fraction of sp³-hybridized carbons (Fsp3) is 0.333. The number of aryl methyl sites for hydroxylation is 2. The maximum Gasteiger partial charge on any atom is 0.329 e. The van der Waals surface area contributed by atoms with Gasteiger partial charge in [0.1, 0.15) is 0 Å². The van der Waals surface area contributed by atoms with Gasteiger partial charge in [-0.1, -0.05) is 37.6 Å². The first kappa shape index (κ1) is 20.0. The molecular formula is C24H26N3O3-. The predicted molar refractivity (Wildman–Crippen MR) is 117 cm³/mol. The lowest BCUT2D eigenvalue weighted by atomic mass is 10.1. The van der Waals surface area contributed by atoms with Crippen LogP contribution in [-0.2, 0) is 18.4 Å². The second-order valence-electron chi connectivity index (χ2n) is 7.98. The van der Waals surface area contributed by atoms with Gasteiger partial charge >= 0.3 is 5.69 Å². The normalized spacial score (nSPS) is 12.6. The summed E-state index contributed by atoms with van der Waals surface area (Å²) in [7, 11) is 2.01. The van der Waals surface area contributed by atoms with Crippen molar-refractivity contribution >= 4 is 27.9 Å². The Labute approximate surface area is 175 Å². The van der Waals surface area contributed by atoms with Gasteiger partial charge in [-0.15, -0.1) is 0 Å². The zero-order valence-corrected chi connectivity index (χ0v) is 17.6. The molecule has 4 rings (SSSR count). The maximum atomic E-state index is 13.5. The third-order valence-corrected chi connectivity index (χ3v) is 5.89. The summed E-state index contributed by atoms with van der Waals surface area (Å²) in [6.45, 7) is 4.50.